The Kier molecular flexibility index (Phi) is 7.51. The molecule has 0 saturated carbocycles. The molecule has 1 aromatic heterocycles. The second-order valence-corrected chi connectivity index (χ2v) is 5.58. The zero-order chi connectivity index (χ0) is 17.5. The monoisotopic (exact) mass is 377 g/mol. The largest absolute Gasteiger partial charge is 0.493 e. The van der Waals surface area contributed by atoms with Crippen LogP contribution in [-0.2, 0) is 19.7 Å². The van der Waals surface area contributed by atoms with Gasteiger partial charge in [-0.2, -0.15) is 0 Å². The number of hydrogen-bond acceptors (Lipinski definition) is 4. The molecule has 0 atom stereocenters. The number of furan rings is 1. The van der Waals surface area contributed by atoms with E-state index in [1.165, 1.54) is 12.1 Å². The van der Waals surface area contributed by atoms with Crippen LogP contribution in [0.15, 0.2) is 65.3 Å². The fourth-order valence-corrected chi connectivity index (χ4v) is 2.43. The molecule has 0 spiro atoms. The minimum absolute atomic E-state index is 0. The van der Waals surface area contributed by atoms with Gasteiger partial charge in [-0.05, 0) is 47.5 Å². The molecule has 3 aromatic rings. The van der Waals surface area contributed by atoms with Crippen LogP contribution in [0.3, 0.4) is 0 Å². The average Bonchev–Trinajstić information content (AvgIpc) is 3.15. The van der Waals surface area contributed by atoms with Crippen molar-refractivity contribution in [2.45, 2.75) is 19.7 Å². The summed E-state index contributed by atoms with van der Waals surface area (Å²) in [6.07, 6.45) is 1.66. The van der Waals surface area contributed by atoms with E-state index < -0.39 is 0 Å². The Labute approximate surface area is 158 Å². The average molecular weight is 378 g/mol. The Morgan fingerprint density at radius 3 is 2.42 bits per heavy atom. The third-order valence-corrected chi connectivity index (χ3v) is 3.74. The van der Waals surface area contributed by atoms with E-state index in [0.29, 0.717) is 31.2 Å². The van der Waals surface area contributed by atoms with Crippen molar-refractivity contribution in [1.29, 1.82) is 0 Å². The number of halogens is 2. The molecule has 0 amide bonds. The number of rotatable bonds is 8. The third kappa shape index (κ3) is 5.51. The zero-order valence-electron chi connectivity index (χ0n) is 14.4. The van der Waals surface area contributed by atoms with Crippen molar-refractivity contribution in [3.05, 3.63) is 83.6 Å². The van der Waals surface area contributed by atoms with Crippen LogP contribution in [0.2, 0.25) is 0 Å². The molecule has 0 aliphatic rings. The van der Waals surface area contributed by atoms with Gasteiger partial charge in [0.15, 0.2) is 11.5 Å². The normalized spacial score (nSPS) is 10.2. The van der Waals surface area contributed by atoms with Crippen LogP contribution in [0, 0.1) is 5.82 Å². The van der Waals surface area contributed by atoms with Crippen molar-refractivity contribution >= 4 is 12.4 Å². The summed E-state index contributed by atoms with van der Waals surface area (Å²) in [6.45, 7) is 1.71. The van der Waals surface area contributed by atoms with Gasteiger partial charge in [-0.3, -0.25) is 0 Å². The maximum atomic E-state index is 12.9. The third-order valence-electron chi connectivity index (χ3n) is 3.74. The van der Waals surface area contributed by atoms with E-state index >= 15 is 0 Å². The molecule has 0 aliphatic carbocycles. The topological polar surface area (TPSA) is 43.6 Å². The van der Waals surface area contributed by atoms with Crippen LogP contribution in [-0.4, -0.2) is 7.11 Å². The quantitative estimate of drug-likeness (QED) is 0.617. The van der Waals surface area contributed by atoms with E-state index in [2.05, 4.69) is 5.32 Å². The highest BCUT2D eigenvalue weighted by molar-refractivity contribution is 5.85. The molecule has 0 saturated heterocycles. The van der Waals surface area contributed by atoms with Crippen LogP contribution in [0.1, 0.15) is 16.9 Å². The molecule has 0 bridgehead atoms. The van der Waals surface area contributed by atoms with Crippen LogP contribution >= 0.6 is 12.4 Å². The summed E-state index contributed by atoms with van der Waals surface area (Å²) >= 11 is 0. The molecule has 0 radical (unpaired) electrons. The molecule has 0 unspecified atom stereocenters. The fourth-order valence-electron chi connectivity index (χ4n) is 2.43. The first-order valence-electron chi connectivity index (χ1n) is 8.02. The van der Waals surface area contributed by atoms with Gasteiger partial charge in [0.05, 0.1) is 19.9 Å². The van der Waals surface area contributed by atoms with Gasteiger partial charge in [-0.1, -0.05) is 18.2 Å². The molecule has 26 heavy (non-hydrogen) atoms. The molecule has 0 aliphatic heterocycles. The predicted molar refractivity (Wildman–Crippen MR) is 100 cm³/mol. The number of methoxy groups -OCH3 is 1. The Bertz CT molecular complexity index is 791. The number of ether oxygens (including phenoxy) is 2. The standard InChI is InChI=1S/C20H20FNO3.ClH/c1-23-20-11-16(12-22-13-18-3-2-10-24-18)6-9-19(20)25-14-15-4-7-17(21)8-5-15;/h2-11,22H,12-14H2,1H3;1H. The summed E-state index contributed by atoms with van der Waals surface area (Å²) in [5.41, 5.74) is 1.98. The second-order valence-electron chi connectivity index (χ2n) is 5.58. The van der Waals surface area contributed by atoms with Crippen LogP contribution in [0.4, 0.5) is 4.39 Å². The van der Waals surface area contributed by atoms with Gasteiger partial charge in [0.1, 0.15) is 18.2 Å². The number of hydrogen-bond donors (Lipinski definition) is 1. The van der Waals surface area contributed by atoms with Crippen molar-refractivity contribution in [1.82, 2.24) is 5.32 Å². The van der Waals surface area contributed by atoms with Crippen LogP contribution < -0.4 is 14.8 Å². The van der Waals surface area contributed by atoms with Gasteiger partial charge in [0.25, 0.3) is 0 Å². The van der Waals surface area contributed by atoms with E-state index in [0.717, 1.165) is 16.9 Å². The summed E-state index contributed by atoms with van der Waals surface area (Å²) < 4.78 is 29.4. The summed E-state index contributed by atoms with van der Waals surface area (Å²) in [5.74, 6) is 1.96. The summed E-state index contributed by atoms with van der Waals surface area (Å²) in [7, 11) is 1.61. The van der Waals surface area contributed by atoms with Gasteiger partial charge in [-0.25, -0.2) is 4.39 Å². The predicted octanol–water partition coefficient (Wildman–Crippen LogP) is 4.72. The second kappa shape index (κ2) is 9.85. The van der Waals surface area contributed by atoms with Crippen molar-refractivity contribution in [3.8, 4) is 11.5 Å². The first-order chi connectivity index (χ1) is 12.2. The molecule has 6 heteroatoms. The molecule has 0 fully saturated rings. The van der Waals surface area contributed by atoms with E-state index in [-0.39, 0.29) is 18.2 Å². The Morgan fingerprint density at radius 2 is 1.73 bits per heavy atom. The molecular weight excluding hydrogens is 357 g/mol. The van der Waals surface area contributed by atoms with Crippen LogP contribution in [0.25, 0.3) is 0 Å². The maximum Gasteiger partial charge on any atom is 0.161 e. The van der Waals surface area contributed by atoms with Crippen molar-refractivity contribution in [2.24, 2.45) is 0 Å². The first-order valence-corrected chi connectivity index (χ1v) is 8.02. The molecule has 4 nitrogen and oxygen atoms in total. The lowest BCUT2D eigenvalue weighted by atomic mass is 10.2. The molecule has 3 rings (SSSR count). The highest BCUT2D eigenvalue weighted by Crippen LogP contribution is 2.29. The Hall–Kier alpha value is -2.50. The number of benzene rings is 2. The molecule has 1 N–H and O–H groups in total. The van der Waals surface area contributed by atoms with E-state index in [4.69, 9.17) is 13.9 Å². The minimum Gasteiger partial charge on any atom is -0.493 e. The lowest BCUT2D eigenvalue weighted by molar-refractivity contribution is 0.284. The Morgan fingerprint density at radius 1 is 0.962 bits per heavy atom. The number of nitrogens with one attached hydrogen (secondary N) is 1. The molecule has 138 valence electrons. The lowest BCUT2D eigenvalue weighted by Gasteiger charge is -2.12. The van der Waals surface area contributed by atoms with Crippen LogP contribution in [0.5, 0.6) is 11.5 Å². The van der Waals surface area contributed by atoms with E-state index in [1.54, 1.807) is 25.5 Å². The van der Waals surface area contributed by atoms with Crippen molar-refractivity contribution in [3.63, 3.8) is 0 Å². The maximum absolute atomic E-state index is 12.9. The Balaban J connectivity index is 0.00000243. The van der Waals surface area contributed by atoms with Gasteiger partial charge < -0.3 is 19.2 Å². The van der Waals surface area contributed by atoms with E-state index in [9.17, 15) is 4.39 Å². The molecule has 2 aromatic carbocycles. The minimum atomic E-state index is -0.257. The van der Waals surface area contributed by atoms with Gasteiger partial charge in [0.2, 0.25) is 0 Å². The molecular formula is C20H21ClFNO3. The van der Waals surface area contributed by atoms with Gasteiger partial charge >= 0.3 is 0 Å². The summed E-state index contributed by atoms with van der Waals surface area (Å²) in [5, 5.41) is 3.31. The van der Waals surface area contributed by atoms with Crippen molar-refractivity contribution in [2.75, 3.05) is 7.11 Å². The molecule has 1 heterocycles. The fraction of sp³-hybridized carbons (Fsp3) is 0.200. The zero-order valence-corrected chi connectivity index (χ0v) is 15.2. The van der Waals surface area contributed by atoms with Gasteiger partial charge in [-0.15, -0.1) is 12.4 Å². The van der Waals surface area contributed by atoms with Gasteiger partial charge in [0, 0.05) is 6.54 Å². The van der Waals surface area contributed by atoms with E-state index in [1.807, 2.05) is 30.3 Å². The summed E-state index contributed by atoms with van der Waals surface area (Å²) in [4.78, 5) is 0. The highest BCUT2D eigenvalue weighted by atomic mass is 35.5. The highest BCUT2D eigenvalue weighted by Gasteiger charge is 2.07. The van der Waals surface area contributed by atoms with Crippen molar-refractivity contribution < 1.29 is 18.3 Å². The summed E-state index contributed by atoms with van der Waals surface area (Å²) in [6, 6.07) is 15.9. The smallest absolute Gasteiger partial charge is 0.161 e. The SMILES string of the molecule is COc1cc(CNCc2ccco2)ccc1OCc1ccc(F)cc1.Cl. The first kappa shape index (κ1) is 19.8. The lowest BCUT2D eigenvalue weighted by Crippen LogP contribution is -2.12.